The Hall–Kier alpha value is -1.35. The lowest BCUT2D eigenvalue weighted by Crippen LogP contribution is -2.46. The minimum absolute atomic E-state index is 0.323. The van der Waals surface area contributed by atoms with Crippen molar-refractivity contribution >= 4 is 11.6 Å². The Morgan fingerprint density at radius 1 is 1.00 bits per heavy atom. The fourth-order valence-corrected chi connectivity index (χ4v) is 4.69. The molecule has 0 unspecified atom stereocenters. The van der Waals surface area contributed by atoms with Crippen LogP contribution >= 0.6 is 0 Å². The minimum atomic E-state index is 0.323. The van der Waals surface area contributed by atoms with E-state index in [1.165, 1.54) is 56.2 Å². The van der Waals surface area contributed by atoms with E-state index in [0.717, 1.165) is 13.1 Å². The largest absolute Gasteiger partial charge is 0.307 e. The number of benzene rings is 1. The molecule has 1 aromatic rings. The van der Waals surface area contributed by atoms with E-state index in [2.05, 4.69) is 34.1 Å². The van der Waals surface area contributed by atoms with Crippen molar-refractivity contribution in [2.24, 2.45) is 0 Å². The second-order valence-corrected chi connectivity index (χ2v) is 7.12. The zero-order valence-corrected chi connectivity index (χ0v) is 13.3. The van der Waals surface area contributed by atoms with Gasteiger partial charge in [-0.25, -0.2) is 0 Å². The standard InChI is InChI=1S/C19H26N2O/c22-19(14-20-12-6-1-7-13-20)21-17-10-4-2-8-15(17)16-9-3-5-11-18(16)21/h2,4,8,10,16,18H,1,3,5-7,9,11-14H2/t16-,18-/m1/s1. The number of anilines is 1. The van der Waals surface area contributed by atoms with Gasteiger partial charge < -0.3 is 4.90 Å². The summed E-state index contributed by atoms with van der Waals surface area (Å²) >= 11 is 0. The van der Waals surface area contributed by atoms with Crippen molar-refractivity contribution < 1.29 is 4.79 Å². The predicted molar refractivity (Wildman–Crippen MR) is 89.2 cm³/mol. The number of amides is 1. The van der Waals surface area contributed by atoms with Gasteiger partial charge in [0.25, 0.3) is 0 Å². The normalized spacial score (nSPS) is 28.3. The summed E-state index contributed by atoms with van der Waals surface area (Å²) in [6.07, 6.45) is 8.81. The van der Waals surface area contributed by atoms with Gasteiger partial charge in [-0.2, -0.15) is 0 Å². The number of piperidine rings is 1. The molecule has 1 aliphatic carbocycles. The minimum Gasteiger partial charge on any atom is -0.307 e. The summed E-state index contributed by atoms with van der Waals surface area (Å²) in [5.41, 5.74) is 2.61. The van der Waals surface area contributed by atoms with Crippen LogP contribution in [0.2, 0.25) is 0 Å². The molecule has 4 rings (SSSR count). The molecule has 1 aromatic carbocycles. The second kappa shape index (κ2) is 6.04. The third kappa shape index (κ3) is 2.45. The van der Waals surface area contributed by atoms with Crippen molar-refractivity contribution in [3.05, 3.63) is 29.8 Å². The van der Waals surface area contributed by atoms with Crippen molar-refractivity contribution in [2.75, 3.05) is 24.5 Å². The molecule has 2 aliphatic heterocycles. The van der Waals surface area contributed by atoms with Crippen LogP contribution in [-0.4, -0.2) is 36.5 Å². The predicted octanol–water partition coefficient (Wildman–Crippen LogP) is 3.55. The topological polar surface area (TPSA) is 23.6 Å². The highest BCUT2D eigenvalue weighted by molar-refractivity contribution is 5.98. The Bertz CT molecular complexity index is 550. The molecule has 2 heterocycles. The molecule has 3 heteroatoms. The summed E-state index contributed by atoms with van der Waals surface area (Å²) in [7, 11) is 0. The summed E-state index contributed by atoms with van der Waals surface area (Å²) in [5.74, 6) is 0.902. The summed E-state index contributed by atoms with van der Waals surface area (Å²) in [4.78, 5) is 17.5. The number of nitrogens with zero attached hydrogens (tertiary/aromatic N) is 2. The van der Waals surface area contributed by atoms with Gasteiger partial charge in [0.15, 0.2) is 0 Å². The Labute approximate surface area is 133 Å². The number of fused-ring (bicyclic) bond motifs is 3. The molecule has 118 valence electrons. The molecule has 3 aliphatic rings. The van der Waals surface area contributed by atoms with Crippen LogP contribution < -0.4 is 4.90 Å². The van der Waals surface area contributed by atoms with E-state index >= 15 is 0 Å². The van der Waals surface area contributed by atoms with E-state index in [4.69, 9.17) is 0 Å². The molecular weight excluding hydrogens is 272 g/mol. The van der Waals surface area contributed by atoms with Crippen molar-refractivity contribution in [2.45, 2.75) is 56.9 Å². The summed E-state index contributed by atoms with van der Waals surface area (Å²) < 4.78 is 0. The molecule has 0 aromatic heterocycles. The number of para-hydroxylation sites is 1. The lowest BCUT2D eigenvalue weighted by Gasteiger charge is -2.34. The van der Waals surface area contributed by atoms with E-state index in [0.29, 0.717) is 24.4 Å². The van der Waals surface area contributed by atoms with Crippen LogP contribution in [0.5, 0.6) is 0 Å². The van der Waals surface area contributed by atoms with E-state index in [-0.39, 0.29) is 0 Å². The molecule has 1 saturated heterocycles. The maximum atomic E-state index is 13.0. The molecule has 1 saturated carbocycles. The molecule has 0 N–H and O–H groups in total. The zero-order chi connectivity index (χ0) is 14.9. The first-order chi connectivity index (χ1) is 10.8. The van der Waals surface area contributed by atoms with Gasteiger partial charge in [-0.1, -0.05) is 37.5 Å². The molecule has 2 atom stereocenters. The first-order valence-electron chi connectivity index (χ1n) is 8.98. The molecule has 2 fully saturated rings. The van der Waals surface area contributed by atoms with Crippen LogP contribution in [0.1, 0.15) is 56.4 Å². The van der Waals surface area contributed by atoms with Gasteiger partial charge >= 0.3 is 0 Å². The first kappa shape index (κ1) is 14.3. The summed E-state index contributed by atoms with van der Waals surface area (Å²) in [5, 5.41) is 0. The fourth-order valence-electron chi connectivity index (χ4n) is 4.69. The molecule has 22 heavy (non-hydrogen) atoms. The third-order valence-corrected chi connectivity index (χ3v) is 5.73. The van der Waals surface area contributed by atoms with Crippen LogP contribution in [0.25, 0.3) is 0 Å². The molecular formula is C19H26N2O. The Kier molecular flexibility index (Phi) is 3.91. The van der Waals surface area contributed by atoms with Gasteiger partial charge in [-0.15, -0.1) is 0 Å². The number of hydrogen-bond donors (Lipinski definition) is 0. The van der Waals surface area contributed by atoms with Gasteiger partial charge in [-0.05, 0) is 50.4 Å². The Balaban J connectivity index is 1.57. The lowest BCUT2D eigenvalue weighted by atomic mass is 9.82. The Morgan fingerprint density at radius 3 is 2.64 bits per heavy atom. The van der Waals surface area contributed by atoms with E-state index in [1.807, 2.05) is 0 Å². The van der Waals surface area contributed by atoms with Gasteiger partial charge in [0.2, 0.25) is 5.91 Å². The summed E-state index contributed by atoms with van der Waals surface area (Å²) in [6.45, 7) is 2.79. The van der Waals surface area contributed by atoms with Crippen LogP contribution in [0.3, 0.4) is 0 Å². The van der Waals surface area contributed by atoms with Crippen molar-refractivity contribution in [1.82, 2.24) is 4.90 Å². The monoisotopic (exact) mass is 298 g/mol. The third-order valence-electron chi connectivity index (χ3n) is 5.73. The number of rotatable bonds is 2. The van der Waals surface area contributed by atoms with Crippen LogP contribution in [0.15, 0.2) is 24.3 Å². The van der Waals surface area contributed by atoms with Gasteiger partial charge in [0, 0.05) is 17.6 Å². The average Bonchev–Trinajstić information content (AvgIpc) is 2.90. The number of hydrogen-bond acceptors (Lipinski definition) is 2. The van der Waals surface area contributed by atoms with Gasteiger partial charge in [-0.3, -0.25) is 9.69 Å². The Morgan fingerprint density at radius 2 is 1.77 bits per heavy atom. The molecule has 1 amide bonds. The highest BCUT2D eigenvalue weighted by Crippen LogP contribution is 2.47. The molecule has 3 nitrogen and oxygen atoms in total. The average molecular weight is 298 g/mol. The highest BCUT2D eigenvalue weighted by Gasteiger charge is 2.42. The molecule has 0 bridgehead atoms. The van der Waals surface area contributed by atoms with Gasteiger partial charge in [0.05, 0.1) is 6.54 Å². The molecule has 0 spiro atoms. The second-order valence-electron chi connectivity index (χ2n) is 7.12. The SMILES string of the molecule is O=C(CN1CCCCC1)N1c2ccccc2[C@H]2CCCC[C@H]21. The number of carbonyl (C=O) groups excluding carboxylic acids is 1. The quantitative estimate of drug-likeness (QED) is 0.833. The maximum Gasteiger partial charge on any atom is 0.241 e. The van der Waals surface area contributed by atoms with Crippen molar-refractivity contribution in [3.63, 3.8) is 0 Å². The highest BCUT2D eigenvalue weighted by atomic mass is 16.2. The maximum absolute atomic E-state index is 13.0. The van der Waals surface area contributed by atoms with Crippen molar-refractivity contribution in [1.29, 1.82) is 0 Å². The van der Waals surface area contributed by atoms with E-state index in [1.54, 1.807) is 0 Å². The smallest absolute Gasteiger partial charge is 0.241 e. The van der Waals surface area contributed by atoms with E-state index < -0.39 is 0 Å². The van der Waals surface area contributed by atoms with E-state index in [9.17, 15) is 4.79 Å². The van der Waals surface area contributed by atoms with Crippen LogP contribution in [0, 0.1) is 0 Å². The van der Waals surface area contributed by atoms with Gasteiger partial charge in [0.1, 0.15) is 0 Å². The first-order valence-corrected chi connectivity index (χ1v) is 8.98. The summed E-state index contributed by atoms with van der Waals surface area (Å²) in [6, 6.07) is 9.03. The van der Waals surface area contributed by atoms with Crippen LogP contribution in [0.4, 0.5) is 5.69 Å². The van der Waals surface area contributed by atoms with Crippen LogP contribution in [-0.2, 0) is 4.79 Å². The lowest BCUT2D eigenvalue weighted by molar-refractivity contribution is -0.120. The number of likely N-dealkylation sites (tertiary alicyclic amines) is 1. The fraction of sp³-hybridized carbons (Fsp3) is 0.632. The van der Waals surface area contributed by atoms with Crippen molar-refractivity contribution in [3.8, 4) is 0 Å². The number of carbonyl (C=O) groups is 1. The molecule has 0 radical (unpaired) electrons. The zero-order valence-electron chi connectivity index (χ0n) is 13.3.